The van der Waals surface area contributed by atoms with Crippen molar-refractivity contribution in [3.8, 4) is 17.2 Å². The number of carbonyl (C=O) groups excluding carboxylic acids is 2. The van der Waals surface area contributed by atoms with E-state index in [1.54, 1.807) is 53.8 Å². The van der Waals surface area contributed by atoms with Crippen LogP contribution in [0, 0.1) is 5.92 Å². The topological polar surface area (TPSA) is 103 Å². The lowest BCUT2D eigenvalue weighted by molar-refractivity contribution is -0.122. The van der Waals surface area contributed by atoms with Crippen LogP contribution in [0.5, 0.6) is 17.2 Å². The zero-order valence-electron chi connectivity index (χ0n) is 17.8. The standard InChI is InChI=1S/C24H22N4O5/c29-22-12-17(14-28(22)18-3-4-19-21(13-18)32-11-10-31-19)24(30)27-23-20(2-1-7-26-23)33-15-16-5-8-25-9-6-16/h1-9,13,17H,10-12,14-15H2,(H,26,27,30). The minimum Gasteiger partial charge on any atom is -0.486 e. The van der Waals surface area contributed by atoms with Crippen molar-refractivity contribution in [1.29, 1.82) is 0 Å². The van der Waals surface area contributed by atoms with Gasteiger partial charge in [0, 0.05) is 43.3 Å². The summed E-state index contributed by atoms with van der Waals surface area (Å²) in [5, 5.41) is 2.82. The fourth-order valence-electron chi connectivity index (χ4n) is 3.79. The fourth-order valence-corrected chi connectivity index (χ4v) is 3.79. The number of anilines is 2. The zero-order chi connectivity index (χ0) is 22.6. The maximum Gasteiger partial charge on any atom is 0.231 e. The molecule has 9 nitrogen and oxygen atoms in total. The van der Waals surface area contributed by atoms with Crippen molar-refractivity contribution in [2.45, 2.75) is 13.0 Å². The zero-order valence-corrected chi connectivity index (χ0v) is 17.8. The lowest BCUT2D eigenvalue weighted by atomic mass is 10.1. The molecule has 0 saturated carbocycles. The highest BCUT2D eigenvalue weighted by atomic mass is 16.6. The Kier molecular flexibility index (Phi) is 5.75. The molecule has 0 radical (unpaired) electrons. The van der Waals surface area contributed by atoms with E-state index < -0.39 is 5.92 Å². The van der Waals surface area contributed by atoms with Gasteiger partial charge in [0.25, 0.3) is 0 Å². The largest absolute Gasteiger partial charge is 0.486 e. The summed E-state index contributed by atoms with van der Waals surface area (Å²) >= 11 is 0. The molecule has 2 aromatic heterocycles. The highest BCUT2D eigenvalue weighted by Gasteiger charge is 2.36. The molecule has 1 N–H and O–H groups in total. The Bertz CT molecular complexity index is 1170. The van der Waals surface area contributed by atoms with Crippen LogP contribution in [0.1, 0.15) is 12.0 Å². The maximum absolute atomic E-state index is 13.0. The summed E-state index contributed by atoms with van der Waals surface area (Å²) in [5.74, 6) is 1.11. The quantitative estimate of drug-likeness (QED) is 0.621. The van der Waals surface area contributed by atoms with E-state index in [2.05, 4.69) is 15.3 Å². The number of benzene rings is 1. The average molecular weight is 446 g/mol. The highest BCUT2D eigenvalue weighted by Crippen LogP contribution is 2.36. The predicted octanol–water partition coefficient (Wildman–Crippen LogP) is 2.82. The van der Waals surface area contributed by atoms with E-state index in [-0.39, 0.29) is 24.8 Å². The van der Waals surface area contributed by atoms with E-state index in [0.29, 0.717) is 48.6 Å². The van der Waals surface area contributed by atoms with Gasteiger partial charge >= 0.3 is 0 Å². The van der Waals surface area contributed by atoms with Crippen molar-refractivity contribution in [3.05, 3.63) is 66.6 Å². The molecule has 2 aliphatic rings. The van der Waals surface area contributed by atoms with Gasteiger partial charge < -0.3 is 24.4 Å². The van der Waals surface area contributed by atoms with Gasteiger partial charge in [-0.05, 0) is 42.0 Å². The molecule has 1 saturated heterocycles. The van der Waals surface area contributed by atoms with Crippen LogP contribution in [0.15, 0.2) is 61.1 Å². The summed E-state index contributed by atoms with van der Waals surface area (Å²) in [6, 6.07) is 12.5. The Balaban J connectivity index is 1.25. The number of carbonyl (C=O) groups is 2. The summed E-state index contributed by atoms with van der Waals surface area (Å²) in [7, 11) is 0. The molecule has 0 spiro atoms. The van der Waals surface area contributed by atoms with Crippen LogP contribution in [0.4, 0.5) is 11.5 Å². The first-order valence-electron chi connectivity index (χ1n) is 10.6. The van der Waals surface area contributed by atoms with Gasteiger partial charge in [-0.1, -0.05) is 0 Å². The van der Waals surface area contributed by atoms with Crippen molar-refractivity contribution in [2.75, 3.05) is 30.0 Å². The lowest BCUT2D eigenvalue weighted by Crippen LogP contribution is -2.28. The van der Waals surface area contributed by atoms with Crippen molar-refractivity contribution in [2.24, 2.45) is 5.92 Å². The second kappa shape index (κ2) is 9.15. The summed E-state index contributed by atoms with van der Waals surface area (Å²) in [4.78, 5) is 35.5. The third-order valence-electron chi connectivity index (χ3n) is 5.49. The Morgan fingerprint density at radius 1 is 1.09 bits per heavy atom. The number of pyridine rings is 2. The second-order valence-electron chi connectivity index (χ2n) is 7.72. The number of hydrogen-bond donors (Lipinski definition) is 1. The van der Waals surface area contributed by atoms with Gasteiger partial charge in [0.15, 0.2) is 23.1 Å². The van der Waals surface area contributed by atoms with Crippen LogP contribution < -0.4 is 24.4 Å². The number of rotatable bonds is 6. The first kappa shape index (κ1) is 20.7. The van der Waals surface area contributed by atoms with Crippen LogP contribution in [0.25, 0.3) is 0 Å². The molecular formula is C24H22N4O5. The van der Waals surface area contributed by atoms with E-state index >= 15 is 0 Å². The highest BCUT2D eigenvalue weighted by molar-refractivity contribution is 6.03. The maximum atomic E-state index is 13.0. The van der Waals surface area contributed by atoms with E-state index in [1.807, 2.05) is 12.1 Å². The Morgan fingerprint density at radius 2 is 1.91 bits per heavy atom. The van der Waals surface area contributed by atoms with Crippen molar-refractivity contribution in [3.63, 3.8) is 0 Å². The number of hydrogen-bond acceptors (Lipinski definition) is 7. The molecule has 1 aromatic carbocycles. The summed E-state index contributed by atoms with van der Waals surface area (Å²) in [6.07, 6.45) is 5.07. The van der Waals surface area contributed by atoms with Gasteiger partial charge in [-0.25, -0.2) is 4.98 Å². The molecule has 33 heavy (non-hydrogen) atoms. The lowest BCUT2D eigenvalue weighted by Gasteiger charge is -2.22. The van der Waals surface area contributed by atoms with Crippen LogP contribution in [-0.2, 0) is 16.2 Å². The van der Waals surface area contributed by atoms with E-state index in [9.17, 15) is 9.59 Å². The molecule has 9 heteroatoms. The summed E-state index contributed by atoms with van der Waals surface area (Å²) in [6.45, 7) is 1.55. The number of amides is 2. The number of nitrogens with zero attached hydrogens (tertiary/aromatic N) is 3. The molecular weight excluding hydrogens is 424 g/mol. The first-order valence-corrected chi connectivity index (χ1v) is 10.6. The molecule has 0 aliphatic carbocycles. The van der Waals surface area contributed by atoms with Crippen molar-refractivity contribution in [1.82, 2.24) is 9.97 Å². The van der Waals surface area contributed by atoms with Crippen molar-refractivity contribution >= 4 is 23.3 Å². The molecule has 1 atom stereocenters. The van der Waals surface area contributed by atoms with Gasteiger partial charge in [0.2, 0.25) is 11.8 Å². The molecule has 4 heterocycles. The number of ether oxygens (including phenoxy) is 3. The molecule has 168 valence electrons. The second-order valence-corrected chi connectivity index (χ2v) is 7.72. The normalized spacial score (nSPS) is 17.0. The Morgan fingerprint density at radius 3 is 2.76 bits per heavy atom. The van der Waals surface area contributed by atoms with Crippen LogP contribution in [-0.4, -0.2) is 41.5 Å². The number of aromatic nitrogens is 2. The molecule has 2 aliphatic heterocycles. The molecule has 0 bridgehead atoms. The summed E-state index contributed by atoms with van der Waals surface area (Å²) < 4.78 is 17.0. The molecule has 2 amide bonds. The van der Waals surface area contributed by atoms with E-state index in [4.69, 9.17) is 14.2 Å². The SMILES string of the molecule is O=C(Nc1ncccc1OCc1ccncc1)C1CC(=O)N(c2ccc3c(c2)OCCO3)C1. The number of fused-ring (bicyclic) bond motifs is 1. The van der Waals surface area contributed by atoms with Crippen LogP contribution >= 0.6 is 0 Å². The van der Waals surface area contributed by atoms with Crippen LogP contribution in [0.3, 0.4) is 0 Å². The van der Waals surface area contributed by atoms with Gasteiger partial charge in [-0.3, -0.25) is 14.6 Å². The third kappa shape index (κ3) is 4.57. The molecule has 1 unspecified atom stereocenters. The predicted molar refractivity (Wildman–Crippen MR) is 119 cm³/mol. The van der Waals surface area contributed by atoms with Gasteiger partial charge in [0.05, 0.1) is 5.92 Å². The van der Waals surface area contributed by atoms with Crippen LogP contribution in [0.2, 0.25) is 0 Å². The Hall–Kier alpha value is -4.14. The average Bonchev–Trinajstić information content (AvgIpc) is 3.25. The third-order valence-corrected chi connectivity index (χ3v) is 5.49. The molecule has 1 fully saturated rings. The first-order chi connectivity index (χ1) is 16.2. The van der Waals surface area contributed by atoms with Crippen molar-refractivity contribution < 1.29 is 23.8 Å². The van der Waals surface area contributed by atoms with Gasteiger partial charge in [0.1, 0.15) is 19.8 Å². The Labute approximate surface area is 190 Å². The van der Waals surface area contributed by atoms with E-state index in [1.165, 1.54) is 0 Å². The van der Waals surface area contributed by atoms with Gasteiger partial charge in [-0.2, -0.15) is 0 Å². The molecule has 5 rings (SSSR count). The minimum atomic E-state index is -0.513. The number of nitrogens with one attached hydrogen (secondary N) is 1. The van der Waals surface area contributed by atoms with Gasteiger partial charge in [-0.15, -0.1) is 0 Å². The summed E-state index contributed by atoms with van der Waals surface area (Å²) in [5.41, 5.74) is 1.63. The van der Waals surface area contributed by atoms with E-state index in [0.717, 1.165) is 5.56 Å². The smallest absolute Gasteiger partial charge is 0.231 e. The monoisotopic (exact) mass is 446 g/mol. The fraction of sp³-hybridized carbons (Fsp3) is 0.250. The minimum absolute atomic E-state index is 0.111. The molecule has 3 aromatic rings.